The van der Waals surface area contributed by atoms with E-state index in [2.05, 4.69) is 10.6 Å². The summed E-state index contributed by atoms with van der Waals surface area (Å²) in [5, 5.41) is 5.72. The zero-order valence-corrected chi connectivity index (χ0v) is 15.8. The molecule has 0 bridgehead atoms. The first kappa shape index (κ1) is 22.1. The van der Waals surface area contributed by atoms with E-state index in [-0.39, 0.29) is 11.6 Å². The molecule has 0 atom stereocenters. The Hall–Kier alpha value is -2.55. The van der Waals surface area contributed by atoms with Crippen LogP contribution in [-0.4, -0.2) is 19.0 Å². The van der Waals surface area contributed by atoms with Gasteiger partial charge in [-0.1, -0.05) is 30.3 Å². The zero-order valence-electron chi connectivity index (χ0n) is 15.8. The van der Waals surface area contributed by atoms with Gasteiger partial charge in [0.25, 0.3) is 0 Å². The average Bonchev–Trinajstić information content (AvgIpc) is 2.71. The van der Waals surface area contributed by atoms with E-state index in [1.807, 2.05) is 0 Å². The molecular weight excluding hydrogens is 410 g/mol. The Morgan fingerprint density at radius 3 is 1.93 bits per heavy atom. The molecule has 0 saturated carbocycles. The van der Waals surface area contributed by atoms with Crippen molar-refractivity contribution < 1.29 is 31.1 Å². The third-order valence-electron chi connectivity index (χ3n) is 5.32. The Bertz CT molecular complexity index is 854. The SMILES string of the molecule is O=C(NCc1cc(C(F)(F)F)cc(C(F)(F)F)c1)C1(c2ccccc2)CCNCC1. The zero-order chi connectivity index (χ0) is 22.0. The summed E-state index contributed by atoms with van der Waals surface area (Å²) in [5.74, 6) is -0.416. The van der Waals surface area contributed by atoms with Crippen LogP contribution in [-0.2, 0) is 29.1 Å². The summed E-state index contributed by atoms with van der Waals surface area (Å²) in [6, 6.07) is 10.3. The fourth-order valence-corrected chi connectivity index (χ4v) is 3.73. The van der Waals surface area contributed by atoms with E-state index in [1.165, 1.54) is 0 Å². The van der Waals surface area contributed by atoms with Crippen LogP contribution in [0.5, 0.6) is 0 Å². The molecule has 1 fully saturated rings. The summed E-state index contributed by atoms with van der Waals surface area (Å²) < 4.78 is 78.3. The van der Waals surface area contributed by atoms with Gasteiger partial charge >= 0.3 is 12.4 Å². The minimum Gasteiger partial charge on any atom is -0.351 e. The normalized spacial score (nSPS) is 16.9. The number of nitrogens with one attached hydrogen (secondary N) is 2. The second kappa shape index (κ2) is 8.29. The van der Waals surface area contributed by atoms with Gasteiger partial charge < -0.3 is 10.6 Å². The van der Waals surface area contributed by atoms with Crippen LogP contribution >= 0.6 is 0 Å². The van der Waals surface area contributed by atoms with Crippen LogP contribution in [0.15, 0.2) is 48.5 Å². The Morgan fingerprint density at radius 2 is 1.43 bits per heavy atom. The minimum absolute atomic E-state index is 0.0730. The topological polar surface area (TPSA) is 41.1 Å². The van der Waals surface area contributed by atoms with Gasteiger partial charge in [0.1, 0.15) is 0 Å². The smallest absolute Gasteiger partial charge is 0.351 e. The molecule has 2 aromatic carbocycles. The number of piperidine rings is 1. The van der Waals surface area contributed by atoms with Gasteiger partial charge in [0.2, 0.25) is 5.91 Å². The molecule has 0 aromatic heterocycles. The van der Waals surface area contributed by atoms with Crippen molar-refractivity contribution in [2.24, 2.45) is 0 Å². The summed E-state index contributed by atoms with van der Waals surface area (Å²) >= 11 is 0. The molecule has 0 unspecified atom stereocenters. The van der Waals surface area contributed by atoms with Crippen LogP contribution < -0.4 is 10.6 Å². The Kier molecular flexibility index (Phi) is 6.12. The molecule has 1 saturated heterocycles. The fourth-order valence-electron chi connectivity index (χ4n) is 3.73. The first-order valence-corrected chi connectivity index (χ1v) is 9.35. The van der Waals surface area contributed by atoms with Crippen molar-refractivity contribution in [3.05, 3.63) is 70.8 Å². The van der Waals surface area contributed by atoms with Crippen molar-refractivity contribution in [1.29, 1.82) is 0 Å². The molecular formula is C21H20F6N2O. The van der Waals surface area contributed by atoms with E-state index in [0.29, 0.717) is 38.1 Å². The average molecular weight is 430 g/mol. The van der Waals surface area contributed by atoms with Crippen molar-refractivity contribution in [3.63, 3.8) is 0 Å². The molecule has 3 rings (SSSR count). The predicted octanol–water partition coefficient (Wildman–Crippen LogP) is 4.66. The van der Waals surface area contributed by atoms with Crippen LogP contribution in [0, 0.1) is 0 Å². The highest BCUT2D eigenvalue weighted by molar-refractivity contribution is 5.88. The van der Waals surface area contributed by atoms with Gasteiger partial charge in [-0.15, -0.1) is 0 Å². The van der Waals surface area contributed by atoms with Gasteiger partial charge in [-0.25, -0.2) is 0 Å². The standard InChI is InChI=1S/C21H20F6N2O/c22-20(23,24)16-10-14(11-17(12-16)21(25,26)27)13-29-18(30)19(6-8-28-9-7-19)15-4-2-1-3-5-15/h1-5,10-12,28H,6-9,13H2,(H,29,30). The summed E-state index contributed by atoms with van der Waals surface area (Å²) in [6.07, 6.45) is -8.92. The Morgan fingerprint density at radius 1 is 0.900 bits per heavy atom. The molecule has 2 N–H and O–H groups in total. The van der Waals surface area contributed by atoms with Crippen LogP contribution in [0.25, 0.3) is 0 Å². The van der Waals surface area contributed by atoms with Crippen LogP contribution in [0.2, 0.25) is 0 Å². The Balaban J connectivity index is 1.87. The van der Waals surface area contributed by atoms with E-state index in [4.69, 9.17) is 0 Å². The third kappa shape index (κ3) is 4.77. The predicted molar refractivity (Wildman–Crippen MR) is 98.5 cm³/mol. The summed E-state index contributed by atoms with van der Waals surface area (Å²) in [4.78, 5) is 13.1. The third-order valence-corrected chi connectivity index (χ3v) is 5.32. The monoisotopic (exact) mass is 430 g/mol. The summed E-state index contributed by atoms with van der Waals surface area (Å²) in [7, 11) is 0. The largest absolute Gasteiger partial charge is 0.416 e. The summed E-state index contributed by atoms with van der Waals surface area (Å²) in [5.41, 5.74) is -3.19. The van der Waals surface area contributed by atoms with Crippen molar-refractivity contribution in [2.75, 3.05) is 13.1 Å². The number of halogens is 6. The maximum atomic E-state index is 13.1. The van der Waals surface area contributed by atoms with Crippen molar-refractivity contribution >= 4 is 5.91 Å². The molecule has 0 spiro atoms. The van der Waals surface area contributed by atoms with Gasteiger partial charge in [0, 0.05) is 6.54 Å². The van der Waals surface area contributed by atoms with Crippen molar-refractivity contribution in [3.8, 4) is 0 Å². The highest BCUT2D eigenvalue weighted by Crippen LogP contribution is 2.37. The van der Waals surface area contributed by atoms with Gasteiger partial charge in [0.05, 0.1) is 16.5 Å². The molecule has 1 aliphatic rings. The van der Waals surface area contributed by atoms with Crippen molar-refractivity contribution in [1.82, 2.24) is 10.6 Å². The lowest BCUT2D eigenvalue weighted by molar-refractivity contribution is -0.143. The van der Waals surface area contributed by atoms with E-state index in [1.54, 1.807) is 30.3 Å². The quantitative estimate of drug-likeness (QED) is 0.693. The maximum absolute atomic E-state index is 13.1. The highest BCUT2D eigenvalue weighted by Gasteiger charge is 2.41. The van der Waals surface area contributed by atoms with Gasteiger partial charge in [-0.3, -0.25) is 4.79 Å². The van der Waals surface area contributed by atoms with Crippen LogP contribution in [0.3, 0.4) is 0 Å². The number of hydrogen-bond donors (Lipinski definition) is 2. The van der Waals surface area contributed by atoms with E-state index < -0.39 is 41.3 Å². The summed E-state index contributed by atoms with van der Waals surface area (Å²) in [6.45, 7) is 0.710. The lowest BCUT2D eigenvalue weighted by Gasteiger charge is -2.36. The van der Waals surface area contributed by atoms with Gasteiger partial charge in [0.15, 0.2) is 0 Å². The van der Waals surface area contributed by atoms with Crippen LogP contribution in [0.1, 0.15) is 35.1 Å². The Labute approximate surface area is 169 Å². The maximum Gasteiger partial charge on any atom is 0.416 e. The number of rotatable bonds is 4. The lowest BCUT2D eigenvalue weighted by atomic mass is 9.72. The van der Waals surface area contributed by atoms with Gasteiger partial charge in [-0.05, 0) is 55.3 Å². The van der Waals surface area contributed by atoms with Gasteiger partial charge in [-0.2, -0.15) is 26.3 Å². The highest BCUT2D eigenvalue weighted by atomic mass is 19.4. The molecule has 0 radical (unpaired) electrons. The second-order valence-electron chi connectivity index (χ2n) is 7.29. The van der Waals surface area contributed by atoms with E-state index in [0.717, 1.165) is 5.56 Å². The number of benzene rings is 2. The first-order chi connectivity index (χ1) is 14.0. The molecule has 1 heterocycles. The molecule has 30 heavy (non-hydrogen) atoms. The lowest BCUT2D eigenvalue weighted by Crippen LogP contribution is -2.50. The number of carbonyl (C=O) groups is 1. The molecule has 1 amide bonds. The number of carbonyl (C=O) groups excluding carboxylic acids is 1. The molecule has 2 aromatic rings. The number of alkyl halides is 6. The molecule has 9 heteroatoms. The first-order valence-electron chi connectivity index (χ1n) is 9.35. The number of hydrogen-bond acceptors (Lipinski definition) is 2. The molecule has 0 aliphatic carbocycles. The molecule has 3 nitrogen and oxygen atoms in total. The van der Waals surface area contributed by atoms with E-state index >= 15 is 0 Å². The van der Waals surface area contributed by atoms with Crippen LogP contribution in [0.4, 0.5) is 26.3 Å². The molecule has 1 aliphatic heterocycles. The van der Waals surface area contributed by atoms with Crippen molar-refractivity contribution in [2.45, 2.75) is 37.2 Å². The van der Waals surface area contributed by atoms with E-state index in [9.17, 15) is 31.1 Å². The minimum atomic E-state index is -4.93. The second-order valence-corrected chi connectivity index (χ2v) is 7.29. The number of amides is 1. The fraction of sp³-hybridized carbons (Fsp3) is 0.381. The molecule has 162 valence electrons.